The molecule has 0 spiro atoms. The van der Waals surface area contributed by atoms with Crippen LogP contribution in [0.2, 0.25) is 0 Å². The molecule has 4 N–H and O–H groups in total. The van der Waals surface area contributed by atoms with Gasteiger partial charge < -0.3 is 34.1 Å². The molecule has 2 aliphatic rings. The molecule has 26 nitrogen and oxygen atoms in total. The number of anilines is 2. The summed E-state index contributed by atoms with van der Waals surface area (Å²) in [6.07, 6.45) is -7.41. The number of H-pyrrole nitrogens is 1. The zero-order valence-corrected chi connectivity index (χ0v) is 36.7. The molecule has 4 aromatic heterocycles. The van der Waals surface area contributed by atoms with Crippen LogP contribution < -0.4 is 16.2 Å². The SMILES string of the molecule is CO[C@@H]1[C@H](OP(=O)(OCCC#N)OC[C@H]2O[C@@H](n3cnc4c(=O)[nH]c(NC(=O)C(C)C)nc43)[C@H](OC(C)=O)[C@@H]2OC(C)=O)[C@@H](CO)O[C@H]1n1cnc2c(NC(=O)c3ccccc3)ncnc21. The normalized spacial score (nSPS) is 23.7. The zero-order chi connectivity index (χ0) is 47.3. The third-order valence-electron chi connectivity index (χ3n) is 10.1. The van der Waals surface area contributed by atoms with E-state index >= 15 is 0 Å². The minimum atomic E-state index is -4.88. The van der Waals surface area contributed by atoms with E-state index in [0.717, 1.165) is 20.2 Å². The summed E-state index contributed by atoms with van der Waals surface area (Å²) in [6.45, 7) is 3.50. The number of carbonyl (C=O) groups excluding carboxylic acids is 4. The topological polar surface area (TPSA) is 334 Å². The first-order chi connectivity index (χ1) is 31.6. The van der Waals surface area contributed by atoms with Gasteiger partial charge in [0.1, 0.15) is 30.7 Å². The van der Waals surface area contributed by atoms with E-state index in [-0.39, 0.29) is 40.5 Å². The van der Waals surface area contributed by atoms with Crippen LogP contribution >= 0.6 is 7.82 Å². The average molecular weight is 938 g/mol. The number of rotatable bonds is 18. The van der Waals surface area contributed by atoms with Crippen molar-refractivity contribution in [2.24, 2.45) is 5.92 Å². The number of imidazole rings is 2. The summed E-state index contributed by atoms with van der Waals surface area (Å²) >= 11 is 0. The Bertz CT molecular complexity index is 2740. The van der Waals surface area contributed by atoms with E-state index in [4.69, 9.17) is 37.3 Å². The molecule has 66 heavy (non-hydrogen) atoms. The molecular weight excluding hydrogens is 893 g/mol. The van der Waals surface area contributed by atoms with Gasteiger partial charge in [0.2, 0.25) is 11.9 Å². The van der Waals surface area contributed by atoms with Gasteiger partial charge >= 0.3 is 19.8 Å². The maximum absolute atomic E-state index is 14.7. The number of methoxy groups -OCH3 is 1. The summed E-state index contributed by atoms with van der Waals surface area (Å²) < 4.78 is 64.2. The molecule has 1 aromatic carbocycles. The van der Waals surface area contributed by atoms with Crippen molar-refractivity contribution in [2.45, 2.75) is 83.2 Å². The minimum Gasteiger partial charge on any atom is -0.456 e. The molecule has 9 atom stereocenters. The van der Waals surface area contributed by atoms with Crippen LogP contribution in [-0.2, 0) is 56.2 Å². The number of hydrogen-bond donors (Lipinski definition) is 4. The molecule has 2 amide bonds. The first kappa shape index (κ1) is 47.4. The zero-order valence-electron chi connectivity index (χ0n) is 35.8. The van der Waals surface area contributed by atoms with Gasteiger partial charge in [-0.2, -0.15) is 10.2 Å². The Balaban J connectivity index is 1.16. The predicted octanol–water partition coefficient (Wildman–Crippen LogP) is 1.91. The summed E-state index contributed by atoms with van der Waals surface area (Å²) in [5.41, 5.74) is -0.329. The molecule has 2 fully saturated rings. The first-order valence-electron chi connectivity index (χ1n) is 20.2. The molecular formula is C39H44N11O15P. The summed E-state index contributed by atoms with van der Waals surface area (Å²) in [5.74, 6) is -3.20. The summed E-state index contributed by atoms with van der Waals surface area (Å²) in [7, 11) is -3.58. The second kappa shape index (κ2) is 20.3. The number of phosphoric ester groups is 1. The lowest BCUT2D eigenvalue weighted by Crippen LogP contribution is -2.40. The minimum absolute atomic E-state index is 0.0836. The fourth-order valence-electron chi connectivity index (χ4n) is 7.12. The lowest BCUT2D eigenvalue weighted by Gasteiger charge is -2.28. The third-order valence-corrected chi connectivity index (χ3v) is 11.6. The maximum Gasteiger partial charge on any atom is 0.475 e. The summed E-state index contributed by atoms with van der Waals surface area (Å²) in [4.78, 5) is 87.3. The van der Waals surface area contributed by atoms with Crippen LogP contribution in [0.15, 0.2) is 54.1 Å². The van der Waals surface area contributed by atoms with E-state index < -0.39 is 112 Å². The Morgan fingerprint density at radius 2 is 1.56 bits per heavy atom. The van der Waals surface area contributed by atoms with Crippen molar-refractivity contribution in [3.05, 3.63) is 65.2 Å². The Hall–Kier alpha value is -6.56. The monoisotopic (exact) mass is 937 g/mol. The number of hydrogen-bond acceptors (Lipinski definition) is 21. The number of nitriles is 1. The van der Waals surface area contributed by atoms with Crippen LogP contribution in [0.5, 0.6) is 0 Å². The molecule has 0 radical (unpaired) electrons. The van der Waals surface area contributed by atoms with E-state index in [0.29, 0.717) is 5.56 Å². The number of esters is 2. The Labute approximate surface area is 373 Å². The van der Waals surface area contributed by atoms with Crippen LogP contribution in [-0.4, -0.2) is 131 Å². The lowest BCUT2D eigenvalue weighted by atomic mass is 10.1. The number of aliphatic hydroxyl groups is 1. The molecule has 0 bridgehead atoms. The van der Waals surface area contributed by atoms with Crippen molar-refractivity contribution in [2.75, 3.05) is 37.6 Å². The van der Waals surface area contributed by atoms with E-state index in [1.807, 2.05) is 6.07 Å². The number of carbonyl (C=O) groups is 4. The number of ether oxygens (including phenoxy) is 5. The molecule has 27 heteroatoms. The van der Waals surface area contributed by atoms with Crippen molar-refractivity contribution >= 4 is 65.7 Å². The lowest BCUT2D eigenvalue weighted by molar-refractivity contribution is -0.165. The molecule has 7 rings (SSSR count). The molecule has 0 aliphatic carbocycles. The van der Waals surface area contributed by atoms with Crippen molar-refractivity contribution < 1.29 is 66.1 Å². The van der Waals surface area contributed by atoms with Crippen LogP contribution in [0.25, 0.3) is 22.3 Å². The van der Waals surface area contributed by atoms with Gasteiger partial charge in [0, 0.05) is 32.4 Å². The molecule has 0 saturated carbocycles. The van der Waals surface area contributed by atoms with Crippen LogP contribution in [0.3, 0.4) is 0 Å². The van der Waals surface area contributed by atoms with E-state index in [1.54, 1.807) is 44.2 Å². The van der Waals surface area contributed by atoms with Crippen molar-refractivity contribution in [1.29, 1.82) is 5.26 Å². The number of aromatic nitrogens is 8. The number of amides is 2. The molecule has 6 heterocycles. The highest BCUT2D eigenvalue weighted by Crippen LogP contribution is 2.54. The quantitative estimate of drug-likeness (QED) is 0.0554. The number of nitrogens with zero attached hydrogens (tertiary/aromatic N) is 8. The maximum atomic E-state index is 14.7. The highest BCUT2D eigenvalue weighted by atomic mass is 31.2. The van der Waals surface area contributed by atoms with Crippen LogP contribution in [0, 0.1) is 17.2 Å². The number of benzene rings is 1. The fraction of sp³-hybridized carbons (Fsp3) is 0.462. The Kier molecular flexibility index (Phi) is 14.6. The molecule has 350 valence electrons. The third kappa shape index (κ3) is 10.1. The largest absolute Gasteiger partial charge is 0.475 e. The number of fused-ring (bicyclic) bond motifs is 2. The van der Waals surface area contributed by atoms with E-state index in [1.165, 1.54) is 28.9 Å². The van der Waals surface area contributed by atoms with Gasteiger partial charge in [-0.1, -0.05) is 32.0 Å². The molecule has 2 aliphatic heterocycles. The van der Waals surface area contributed by atoms with Gasteiger partial charge in [-0.15, -0.1) is 0 Å². The van der Waals surface area contributed by atoms with E-state index in [2.05, 4.69) is 40.5 Å². The van der Waals surface area contributed by atoms with Gasteiger partial charge in [0.25, 0.3) is 11.5 Å². The van der Waals surface area contributed by atoms with Gasteiger partial charge in [0.15, 0.2) is 52.8 Å². The molecule has 5 aromatic rings. The van der Waals surface area contributed by atoms with Gasteiger partial charge in [-0.05, 0) is 12.1 Å². The number of aliphatic hydroxyl groups excluding tert-OH is 1. The van der Waals surface area contributed by atoms with Crippen LogP contribution in [0.1, 0.15) is 56.9 Å². The Morgan fingerprint density at radius 1 is 0.894 bits per heavy atom. The standard InChI is InChI=1S/C39H44N11O15P/c1-19(2)34(54)47-39-46-33-26(36(56)48-39)44-18-50(33)38-30(62-21(4)53)27(61-20(3)52)24(64-38)15-60-66(57,59-13-9-12-40)65-28-23(14-51)63-37(29(28)58-5)49-17-43-25-31(41-16-42-32(25)49)45-35(55)22-10-7-6-8-11-22/h6-8,10-11,16-19,23-24,27-30,37-38,51H,9,13-15H2,1-5H3,(H,41,42,45,55)(H2,46,47,48,54,56)/t23-,24-,27-,28-,29-,30-,37-,38-,66?/m1/s1. The Morgan fingerprint density at radius 3 is 2.23 bits per heavy atom. The smallest absolute Gasteiger partial charge is 0.456 e. The number of nitrogens with one attached hydrogen (secondary N) is 3. The highest BCUT2D eigenvalue weighted by molar-refractivity contribution is 7.48. The number of aromatic amines is 1. The van der Waals surface area contributed by atoms with Crippen molar-refractivity contribution in [3.63, 3.8) is 0 Å². The summed E-state index contributed by atoms with van der Waals surface area (Å²) in [5, 5.41) is 25.0. The summed E-state index contributed by atoms with van der Waals surface area (Å²) in [6, 6.07) is 10.3. The highest BCUT2D eigenvalue weighted by Gasteiger charge is 2.54. The fourth-order valence-corrected chi connectivity index (χ4v) is 8.52. The van der Waals surface area contributed by atoms with Gasteiger partial charge in [0.05, 0.1) is 45.0 Å². The molecule has 2 saturated heterocycles. The second-order valence-electron chi connectivity index (χ2n) is 15.0. The number of phosphoric acid groups is 1. The van der Waals surface area contributed by atoms with Crippen LogP contribution in [0.4, 0.5) is 11.8 Å². The molecule has 1 unspecified atom stereocenters. The predicted molar refractivity (Wildman–Crippen MR) is 223 cm³/mol. The van der Waals surface area contributed by atoms with Crippen molar-refractivity contribution in [3.8, 4) is 6.07 Å². The second-order valence-corrected chi connectivity index (χ2v) is 16.6. The first-order valence-corrected chi connectivity index (χ1v) is 21.7. The average Bonchev–Trinajstić information content (AvgIpc) is 4.07. The van der Waals surface area contributed by atoms with E-state index in [9.17, 15) is 38.9 Å². The van der Waals surface area contributed by atoms with Crippen molar-refractivity contribution in [1.82, 2.24) is 39.0 Å². The van der Waals surface area contributed by atoms with Gasteiger partial charge in [-0.25, -0.2) is 24.5 Å². The van der Waals surface area contributed by atoms with Gasteiger partial charge in [-0.3, -0.25) is 57.0 Å².